The molecule has 148 valence electrons. The minimum atomic E-state index is -1.51. The van der Waals surface area contributed by atoms with Gasteiger partial charge >= 0.3 is 57.4 Å². The molecule has 0 aliphatic heterocycles. The normalized spacial score (nSPS) is 9.07. The van der Waals surface area contributed by atoms with Gasteiger partial charge in [0.05, 0.1) is 28.3 Å². The Bertz CT molecular complexity index is 812. The predicted octanol–water partition coefficient (Wildman–Crippen LogP) is -1.64. The first-order valence-electron chi connectivity index (χ1n) is 6.74. The zero-order valence-electron chi connectivity index (χ0n) is 14.3. The molecular weight excluding hydrogens is 485 g/mol. The van der Waals surface area contributed by atoms with E-state index in [0.717, 1.165) is 0 Å². The molecule has 0 amide bonds. The van der Waals surface area contributed by atoms with E-state index in [1.54, 1.807) is 0 Å². The number of nitrogen functional groups attached to an aromatic ring is 1. The molecule has 0 radical (unpaired) electrons. The maximum absolute atomic E-state index is 10.4. The molecule has 0 aliphatic carbocycles. The van der Waals surface area contributed by atoms with E-state index in [1.807, 2.05) is 0 Å². The Hall–Kier alpha value is -0.244. The van der Waals surface area contributed by atoms with Crippen molar-refractivity contribution >= 4 is 64.0 Å². The number of hydrogen-bond donors (Lipinski definition) is 4. The number of aliphatic hydroxyl groups excluding tert-OH is 1. The van der Waals surface area contributed by atoms with Crippen LogP contribution in [0.1, 0.15) is 21.0 Å². The van der Waals surface area contributed by atoms with Gasteiger partial charge in [-0.15, -0.1) is 0 Å². The summed E-state index contributed by atoms with van der Waals surface area (Å²) < 4.78 is 0. The summed E-state index contributed by atoms with van der Waals surface area (Å²) in [6, 6.07) is 4.08. The van der Waals surface area contributed by atoms with Crippen LogP contribution in [0.15, 0.2) is 18.2 Å². The molecule has 0 unspecified atom stereocenters. The Morgan fingerprint density at radius 2 is 1.57 bits per heavy atom. The summed E-state index contributed by atoms with van der Waals surface area (Å²) in [5, 5.41) is 26.6. The third kappa shape index (κ3) is 11.1. The standard InChI is InChI=1S/C6H4Cl2N2O2.C6H3Cl2NO2.C2H7NO.K/c7-3-1-2(9)4(8)5(10-3)6(11)12;7-3-1-2-4(8)9-5(3)6(10)11;3-1-2-4;/h1H,(H2,9,10)(H,11,12);1-2H,(H,10,11);4H,1-3H2;/q;;;+1/p-1. The van der Waals surface area contributed by atoms with Crippen LogP contribution in [0.2, 0.25) is 20.4 Å². The Morgan fingerprint density at radius 3 is 1.96 bits per heavy atom. The van der Waals surface area contributed by atoms with Gasteiger partial charge in [-0.2, -0.15) is 0 Å². The minimum Gasteiger partial charge on any atom is -0.543 e. The van der Waals surface area contributed by atoms with Crippen molar-refractivity contribution in [3.8, 4) is 0 Å². The fraction of sp³-hybridized carbons (Fsp3) is 0.143. The molecule has 0 saturated carbocycles. The van der Waals surface area contributed by atoms with E-state index in [-0.39, 0.29) is 89.7 Å². The van der Waals surface area contributed by atoms with E-state index in [0.29, 0.717) is 6.54 Å². The van der Waals surface area contributed by atoms with Gasteiger partial charge < -0.3 is 31.6 Å². The molecule has 0 spiro atoms. The van der Waals surface area contributed by atoms with Gasteiger partial charge in [-0.1, -0.05) is 46.4 Å². The van der Waals surface area contributed by atoms with Gasteiger partial charge in [0.1, 0.15) is 16.0 Å². The van der Waals surface area contributed by atoms with E-state index < -0.39 is 17.6 Å². The first-order chi connectivity index (χ1) is 12.5. The fourth-order valence-corrected chi connectivity index (χ4v) is 1.93. The van der Waals surface area contributed by atoms with Crippen molar-refractivity contribution in [2.24, 2.45) is 5.73 Å². The molecule has 0 bridgehead atoms. The van der Waals surface area contributed by atoms with Gasteiger partial charge in [0, 0.05) is 6.54 Å². The second kappa shape index (κ2) is 15.6. The average Bonchev–Trinajstić information content (AvgIpc) is 2.60. The van der Waals surface area contributed by atoms with Crippen molar-refractivity contribution in [3.63, 3.8) is 0 Å². The number of nitrogens with two attached hydrogens (primary N) is 2. The number of aromatic nitrogens is 2. The quantitative estimate of drug-likeness (QED) is 0.286. The summed E-state index contributed by atoms with van der Waals surface area (Å²) in [5.74, 6) is -2.69. The van der Waals surface area contributed by atoms with Crippen molar-refractivity contribution in [1.29, 1.82) is 0 Å². The monoisotopic (exact) mass is 496 g/mol. The van der Waals surface area contributed by atoms with Gasteiger partial charge in [-0.3, -0.25) is 0 Å². The number of carboxylic acid groups (broad SMARTS) is 2. The molecular formula is C14H13Cl4KN4O5. The summed E-state index contributed by atoms with van der Waals surface area (Å²) >= 11 is 21.8. The van der Waals surface area contributed by atoms with Gasteiger partial charge in [0.15, 0.2) is 5.69 Å². The Labute approximate surface area is 222 Å². The maximum atomic E-state index is 10.4. The first kappa shape index (κ1) is 30.0. The third-order valence-electron chi connectivity index (χ3n) is 2.29. The van der Waals surface area contributed by atoms with Crippen LogP contribution in [-0.2, 0) is 0 Å². The summed E-state index contributed by atoms with van der Waals surface area (Å²) in [6.45, 7) is 0.472. The van der Waals surface area contributed by atoms with E-state index in [2.05, 4.69) is 9.97 Å². The molecule has 28 heavy (non-hydrogen) atoms. The number of carboxylic acids is 2. The molecule has 0 fully saturated rings. The summed E-state index contributed by atoms with van der Waals surface area (Å²) in [5.41, 5.74) is 9.49. The number of pyridine rings is 2. The van der Waals surface area contributed by atoms with Crippen LogP contribution >= 0.6 is 46.4 Å². The number of rotatable bonds is 3. The van der Waals surface area contributed by atoms with E-state index in [9.17, 15) is 14.7 Å². The van der Waals surface area contributed by atoms with Crippen LogP contribution in [0.5, 0.6) is 0 Å². The molecule has 6 N–H and O–H groups in total. The molecule has 9 nitrogen and oxygen atoms in total. The second-order valence-electron chi connectivity index (χ2n) is 4.27. The van der Waals surface area contributed by atoms with Crippen LogP contribution in [0.25, 0.3) is 0 Å². The SMILES string of the molecule is NCCO.Nc1cc(Cl)nc(C(=O)[O-])c1Cl.O=C(O)c1nc(Cl)ccc1Cl.[K+]. The van der Waals surface area contributed by atoms with Gasteiger partial charge in [0.2, 0.25) is 0 Å². The van der Waals surface area contributed by atoms with E-state index >= 15 is 0 Å². The molecule has 2 rings (SSSR count). The number of nitrogens with zero attached hydrogens (tertiary/aromatic N) is 2. The fourth-order valence-electron chi connectivity index (χ4n) is 1.22. The Kier molecular flexibility index (Phi) is 16.7. The van der Waals surface area contributed by atoms with E-state index in [1.165, 1.54) is 18.2 Å². The topological polar surface area (TPSA) is 175 Å². The Balaban J connectivity index is 0. The molecule has 0 aromatic carbocycles. The smallest absolute Gasteiger partial charge is 0.543 e. The number of anilines is 1. The summed E-state index contributed by atoms with van der Waals surface area (Å²) in [7, 11) is 0. The zero-order chi connectivity index (χ0) is 21.1. The van der Waals surface area contributed by atoms with Crippen LogP contribution in [-0.4, -0.2) is 45.3 Å². The molecule has 0 saturated heterocycles. The number of carbonyl (C=O) groups excluding carboxylic acids is 1. The van der Waals surface area contributed by atoms with Crippen LogP contribution in [0.4, 0.5) is 5.69 Å². The number of halogens is 4. The number of aromatic carboxylic acids is 2. The molecule has 2 aromatic rings. The van der Waals surface area contributed by atoms with Gasteiger partial charge in [0.25, 0.3) is 0 Å². The largest absolute Gasteiger partial charge is 1.00 e. The average molecular weight is 498 g/mol. The maximum Gasteiger partial charge on any atom is 1.00 e. The predicted molar refractivity (Wildman–Crippen MR) is 100 cm³/mol. The first-order valence-corrected chi connectivity index (χ1v) is 8.25. The van der Waals surface area contributed by atoms with Crippen molar-refractivity contribution < 1.29 is 76.3 Å². The Morgan fingerprint density at radius 1 is 1.07 bits per heavy atom. The molecule has 0 aliphatic rings. The van der Waals surface area contributed by atoms with E-state index in [4.69, 9.17) is 68.1 Å². The summed E-state index contributed by atoms with van der Waals surface area (Å²) in [6.07, 6.45) is 0. The van der Waals surface area contributed by atoms with Crippen molar-refractivity contribution in [1.82, 2.24) is 9.97 Å². The van der Waals surface area contributed by atoms with Gasteiger partial charge in [-0.05, 0) is 18.2 Å². The molecule has 2 heterocycles. The van der Waals surface area contributed by atoms with Crippen molar-refractivity contribution in [2.75, 3.05) is 18.9 Å². The zero-order valence-corrected chi connectivity index (χ0v) is 20.5. The van der Waals surface area contributed by atoms with Crippen molar-refractivity contribution in [2.45, 2.75) is 0 Å². The van der Waals surface area contributed by atoms with Crippen LogP contribution in [0.3, 0.4) is 0 Å². The number of carbonyl (C=O) groups is 2. The van der Waals surface area contributed by atoms with Crippen molar-refractivity contribution in [3.05, 3.63) is 49.9 Å². The molecule has 0 atom stereocenters. The molecule has 2 aromatic heterocycles. The van der Waals surface area contributed by atoms with Gasteiger partial charge in [-0.25, -0.2) is 14.8 Å². The molecule has 14 heteroatoms. The number of hydrogen-bond acceptors (Lipinski definition) is 8. The van der Waals surface area contributed by atoms with Crippen LogP contribution < -0.4 is 68.0 Å². The third-order valence-corrected chi connectivity index (χ3v) is 3.40. The minimum absolute atomic E-state index is 0. The second-order valence-corrected chi connectivity index (χ2v) is 5.83. The number of aliphatic hydroxyl groups is 1. The van der Waals surface area contributed by atoms with Crippen LogP contribution in [0, 0.1) is 0 Å². The summed E-state index contributed by atoms with van der Waals surface area (Å²) in [4.78, 5) is 27.7.